The molecule has 0 saturated carbocycles. The molecule has 3 heterocycles. The predicted molar refractivity (Wildman–Crippen MR) is 107 cm³/mol. The van der Waals surface area contributed by atoms with Crippen molar-refractivity contribution >= 4 is 11.8 Å². The van der Waals surface area contributed by atoms with E-state index in [1.165, 1.54) is 13.0 Å². The number of rotatable bonds is 2. The smallest absolute Gasteiger partial charge is 0.337 e. The van der Waals surface area contributed by atoms with Gasteiger partial charge in [-0.3, -0.25) is 14.3 Å². The van der Waals surface area contributed by atoms with E-state index in [1.54, 1.807) is 33.7 Å². The van der Waals surface area contributed by atoms with Gasteiger partial charge in [-0.1, -0.05) is 18.2 Å². The van der Waals surface area contributed by atoms with Crippen molar-refractivity contribution in [3.05, 3.63) is 52.3 Å². The second-order valence-electron chi connectivity index (χ2n) is 8.24. The summed E-state index contributed by atoms with van der Waals surface area (Å²) < 4.78 is 41.8. The van der Waals surface area contributed by atoms with E-state index in [4.69, 9.17) is 0 Å². The Morgan fingerprint density at radius 3 is 2.39 bits per heavy atom. The first-order chi connectivity index (χ1) is 14.7. The summed E-state index contributed by atoms with van der Waals surface area (Å²) in [4.78, 5) is 28.3. The van der Waals surface area contributed by atoms with Crippen LogP contribution in [0.3, 0.4) is 0 Å². The van der Waals surface area contributed by atoms with Crippen LogP contribution >= 0.6 is 0 Å². The van der Waals surface area contributed by atoms with Gasteiger partial charge in [0.15, 0.2) is 5.69 Å². The number of aromatic nitrogens is 2. The van der Waals surface area contributed by atoms with Gasteiger partial charge in [0, 0.05) is 39.2 Å². The Labute approximate surface area is 178 Å². The summed E-state index contributed by atoms with van der Waals surface area (Å²) in [6, 6.07) is 5.70. The van der Waals surface area contributed by atoms with Crippen LogP contribution in [0, 0.1) is 0 Å². The van der Waals surface area contributed by atoms with Crippen LogP contribution in [0.25, 0.3) is 0 Å². The van der Waals surface area contributed by atoms with Gasteiger partial charge in [-0.15, -0.1) is 0 Å². The van der Waals surface area contributed by atoms with Crippen molar-refractivity contribution in [1.82, 2.24) is 19.6 Å². The summed E-state index contributed by atoms with van der Waals surface area (Å²) >= 11 is 0. The molecule has 1 aromatic heterocycles. The zero-order valence-corrected chi connectivity index (χ0v) is 17.6. The van der Waals surface area contributed by atoms with Crippen LogP contribution in [0.4, 0.5) is 13.2 Å². The first kappa shape index (κ1) is 21.4. The molecule has 2 aliphatic rings. The number of piperidine rings is 1. The molecular weight excluding hydrogens is 409 g/mol. The Morgan fingerprint density at radius 1 is 1.06 bits per heavy atom. The first-order valence-corrected chi connectivity index (χ1v) is 10.4. The molecule has 2 aliphatic heterocycles. The van der Waals surface area contributed by atoms with Gasteiger partial charge >= 0.3 is 6.18 Å². The molecule has 2 amide bonds. The maximum absolute atomic E-state index is 13.4. The fraction of sp³-hybridized carbons (Fsp3) is 0.500. The Balaban J connectivity index is 1.48. The molecule has 6 nitrogen and oxygen atoms in total. The third-order valence-electron chi connectivity index (χ3n) is 6.38. The number of benzene rings is 1. The minimum absolute atomic E-state index is 0.0130. The molecule has 0 N–H and O–H groups in total. The minimum atomic E-state index is -4.38. The van der Waals surface area contributed by atoms with E-state index >= 15 is 0 Å². The molecule has 1 fully saturated rings. The fourth-order valence-electron chi connectivity index (χ4n) is 4.66. The Morgan fingerprint density at radius 2 is 1.74 bits per heavy atom. The highest BCUT2D eigenvalue weighted by atomic mass is 19.4. The summed E-state index contributed by atoms with van der Waals surface area (Å²) in [5.74, 6) is -0.430. The zero-order chi connectivity index (χ0) is 22.3. The number of hydrogen-bond acceptors (Lipinski definition) is 3. The van der Waals surface area contributed by atoms with Gasteiger partial charge in [0.2, 0.25) is 5.91 Å². The third kappa shape index (κ3) is 4.05. The van der Waals surface area contributed by atoms with Crippen molar-refractivity contribution in [3.63, 3.8) is 0 Å². The van der Waals surface area contributed by atoms with Crippen LogP contribution in [0.1, 0.15) is 58.6 Å². The molecule has 0 bridgehead atoms. The molecule has 9 heteroatoms. The van der Waals surface area contributed by atoms with Gasteiger partial charge in [-0.05, 0) is 36.8 Å². The normalized spacial score (nSPS) is 17.6. The minimum Gasteiger partial charge on any atom is -0.337 e. The van der Waals surface area contributed by atoms with Crippen molar-refractivity contribution in [2.75, 3.05) is 19.6 Å². The molecule has 0 aliphatic carbocycles. The fourth-order valence-corrected chi connectivity index (χ4v) is 4.66. The van der Waals surface area contributed by atoms with Crippen LogP contribution in [0.5, 0.6) is 0 Å². The van der Waals surface area contributed by atoms with E-state index in [9.17, 15) is 22.8 Å². The molecule has 31 heavy (non-hydrogen) atoms. The number of fused-ring (bicyclic) bond motifs is 1. The molecule has 1 aromatic carbocycles. The highest BCUT2D eigenvalue weighted by Gasteiger charge is 2.37. The van der Waals surface area contributed by atoms with E-state index in [-0.39, 0.29) is 17.7 Å². The lowest BCUT2D eigenvalue weighted by molar-refractivity contribution is -0.138. The highest BCUT2D eigenvalue weighted by molar-refractivity contribution is 5.94. The molecule has 0 radical (unpaired) electrons. The largest absolute Gasteiger partial charge is 0.416 e. The lowest BCUT2D eigenvalue weighted by atomic mass is 9.86. The first-order valence-electron chi connectivity index (χ1n) is 10.4. The molecular formula is C22H25F3N4O2. The van der Waals surface area contributed by atoms with Crippen LogP contribution in [-0.2, 0) is 31.0 Å². The zero-order valence-electron chi connectivity index (χ0n) is 17.6. The highest BCUT2D eigenvalue weighted by Crippen LogP contribution is 2.39. The average molecular weight is 434 g/mol. The summed E-state index contributed by atoms with van der Waals surface area (Å²) in [7, 11) is 1.76. The van der Waals surface area contributed by atoms with E-state index in [2.05, 4.69) is 5.10 Å². The molecule has 0 unspecified atom stereocenters. The van der Waals surface area contributed by atoms with Crippen LogP contribution in [0.2, 0.25) is 0 Å². The van der Waals surface area contributed by atoms with Crippen molar-refractivity contribution in [1.29, 1.82) is 0 Å². The standard InChI is InChI=1S/C22H25F3N4O2/c1-14(30)29-12-9-17-19(13-29)27(2)26-20(17)21(31)28-10-7-15(8-11-28)16-5-3-4-6-18(16)22(23,24)25/h3-6,15H,7-13H2,1-2H3. The van der Waals surface area contributed by atoms with Gasteiger partial charge in [0.05, 0.1) is 17.8 Å². The molecule has 2 aromatic rings. The van der Waals surface area contributed by atoms with E-state index in [0.717, 1.165) is 17.3 Å². The van der Waals surface area contributed by atoms with Gasteiger partial charge in [-0.2, -0.15) is 18.3 Å². The molecule has 0 atom stereocenters. The quantitative estimate of drug-likeness (QED) is 0.728. The Hall–Kier alpha value is -2.84. The summed E-state index contributed by atoms with van der Waals surface area (Å²) in [6.07, 6.45) is -2.86. The molecule has 4 rings (SSSR count). The van der Waals surface area contributed by atoms with Crippen molar-refractivity contribution < 1.29 is 22.8 Å². The number of hydrogen-bond donors (Lipinski definition) is 0. The number of carbonyl (C=O) groups is 2. The topological polar surface area (TPSA) is 58.4 Å². The van der Waals surface area contributed by atoms with Crippen molar-refractivity contribution in [2.45, 2.75) is 44.8 Å². The van der Waals surface area contributed by atoms with Crippen LogP contribution < -0.4 is 0 Å². The van der Waals surface area contributed by atoms with Gasteiger partial charge in [0.1, 0.15) is 0 Å². The SMILES string of the molecule is CC(=O)N1CCc2c(C(=O)N3CCC(c4ccccc4C(F)(F)F)CC3)nn(C)c2C1. The summed E-state index contributed by atoms with van der Waals surface area (Å²) in [5, 5.41) is 4.42. The van der Waals surface area contributed by atoms with Crippen molar-refractivity contribution in [2.24, 2.45) is 7.05 Å². The summed E-state index contributed by atoms with van der Waals surface area (Å²) in [5.41, 5.74) is 1.85. The lowest BCUT2D eigenvalue weighted by Gasteiger charge is -2.33. The Kier molecular flexibility index (Phi) is 5.53. The number of carbonyl (C=O) groups excluding carboxylic acids is 2. The molecule has 1 saturated heterocycles. The van der Waals surface area contributed by atoms with E-state index < -0.39 is 11.7 Å². The van der Waals surface area contributed by atoms with Gasteiger partial charge < -0.3 is 9.80 Å². The number of nitrogens with zero attached hydrogens (tertiary/aromatic N) is 4. The predicted octanol–water partition coefficient (Wildman–Crippen LogP) is 3.36. The third-order valence-corrected chi connectivity index (χ3v) is 6.38. The number of alkyl halides is 3. The molecule has 0 spiro atoms. The second-order valence-corrected chi connectivity index (χ2v) is 8.24. The maximum atomic E-state index is 13.4. The number of amides is 2. The van der Waals surface area contributed by atoms with Crippen LogP contribution in [-0.4, -0.2) is 51.0 Å². The Bertz CT molecular complexity index is 1010. The second kappa shape index (κ2) is 8.01. The monoisotopic (exact) mass is 434 g/mol. The van der Waals surface area contributed by atoms with Gasteiger partial charge in [-0.25, -0.2) is 0 Å². The van der Waals surface area contributed by atoms with E-state index in [0.29, 0.717) is 56.7 Å². The van der Waals surface area contributed by atoms with Crippen molar-refractivity contribution in [3.8, 4) is 0 Å². The summed E-state index contributed by atoms with van der Waals surface area (Å²) in [6.45, 7) is 3.28. The average Bonchev–Trinajstić information content (AvgIpc) is 3.08. The lowest BCUT2D eigenvalue weighted by Crippen LogP contribution is -2.39. The van der Waals surface area contributed by atoms with Crippen LogP contribution in [0.15, 0.2) is 24.3 Å². The van der Waals surface area contributed by atoms with E-state index in [1.807, 2.05) is 0 Å². The molecule has 166 valence electrons. The maximum Gasteiger partial charge on any atom is 0.416 e. The number of halogens is 3. The number of aryl methyl sites for hydroxylation is 1. The van der Waals surface area contributed by atoms with Gasteiger partial charge in [0.25, 0.3) is 5.91 Å². The number of likely N-dealkylation sites (tertiary alicyclic amines) is 1.